The van der Waals surface area contributed by atoms with Gasteiger partial charge in [-0.25, -0.2) is 4.98 Å². The van der Waals surface area contributed by atoms with Gasteiger partial charge in [0, 0.05) is 5.56 Å². The van der Waals surface area contributed by atoms with Gasteiger partial charge in [0.1, 0.15) is 10.2 Å². The van der Waals surface area contributed by atoms with Gasteiger partial charge in [-0.15, -0.1) is 0 Å². The lowest BCUT2D eigenvalue weighted by Crippen LogP contribution is -2.13. The molecule has 4 N–H and O–H groups in total. The number of nitrogens with zero attached hydrogens (tertiary/aromatic N) is 1. The minimum atomic E-state index is -0.384. The third-order valence-electron chi connectivity index (χ3n) is 2.04. The number of hydrogen-bond acceptors (Lipinski definition) is 4. The van der Waals surface area contributed by atoms with E-state index in [1.54, 1.807) is 18.2 Å². The van der Waals surface area contributed by atoms with Crippen molar-refractivity contribution < 1.29 is 5.11 Å². The molecule has 2 aromatic rings. The second kappa shape index (κ2) is 3.97. The van der Waals surface area contributed by atoms with Crippen LogP contribution in [0.2, 0.25) is 0 Å². The van der Waals surface area contributed by atoms with E-state index >= 15 is 0 Å². The van der Waals surface area contributed by atoms with Crippen LogP contribution in [-0.2, 0) is 0 Å². The normalized spacial score (nSPS) is 10.3. The van der Waals surface area contributed by atoms with Gasteiger partial charge >= 0.3 is 0 Å². The number of nitrogen functional groups attached to an aromatic ring is 1. The Balaban J connectivity index is 2.74. The SMILES string of the molecule is Nc1nc(-c2ccccc2O)c(Br)c(=O)[nH]1. The number of H-pyrrole nitrogens is 1. The molecular weight excluding hydrogens is 274 g/mol. The molecule has 0 saturated carbocycles. The van der Waals surface area contributed by atoms with Crippen molar-refractivity contribution in [2.24, 2.45) is 0 Å². The third-order valence-corrected chi connectivity index (χ3v) is 2.78. The Morgan fingerprint density at radius 3 is 2.75 bits per heavy atom. The van der Waals surface area contributed by atoms with E-state index in [1.807, 2.05) is 0 Å². The Morgan fingerprint density at radius 2 is 2.06 bits per heavy atom. The Kier molecular flexibility index (Phi) is 2.66. The van der Waals surface area contributed by atoms with E-state index in [4.69, 9.17) is 5.73 Å². The van der Waals surface area contributed by atoms with Gasteiger partial charge in [-0.2, -0.15) is 0 Å². The Bertz CT molecular complexity index is 595. The highest BCUT2D eigenvalue weighted by atomic mass is 79.9. The van der Waals surface area contributed by atoms with Crippen LogP contribution in [0.5, 0.6) is 5.75 Å². The molecule has 0 spiro atoms. The van der Waals surface area contributed by atoms with Crippen LogP contribution in [-0.4, -0.2) is 15.1 Å². The quantitative estimate of drug-likeness (QED) is 0.738. The standard InChI is InChI=1S/C10H8BrN3O2/c11-7-8(13-10(12)14-9(7)16)5-3-1-2-4-6(5)15/h1-4,15H,(H3,12,13,14,16). The topological polar surface area (TPSA) is 92.0 Å². The minimum Gasteiger partial charge on any atom is -0.507 e. The maximum absolute atomic E-state index is 11.4. The van der Waals surface area contributed by atoms with Gasteiger partial charge in [-0.3, -0.25) is 9.78 Å². The summed E-state index contributed by atoms with van der Waals surface area (Å²) in [4.78, 5) is 17.8. The molecule has 0 amide bonds. The van der Waals surface area contributed by atoms with Crippen LogP contribution in [0, 0.1) is 0 Å². The molecule has 0 fully saturated rings. The molecule has 0 aliphatic rings. The number of phenols is 1. The van der Waals surface area contributed by atoms with Gasteiger partial charge in [-0.05, 0) is 28.1 Å². The number of anilines is 1. The first-order valence-electron chi connectivity index (χ1n) is 4.43. The average molecular weight is 282 g/mol. The summed E-state index contributed by atoms with van der Waals surface area (Å²) >= 11 is 3.11. The van der Waals surface area contributed by atoms with Gasteiger partial charge in [0.2, 0.25) is 5.95 Å². The van der Waals surface area contributed by atoms with E-state index in [-0.39, 0.29) is 21.7 Å². The van der Waals surface area contributed by atoms with Crippen LogP contribution in [0.25, 0.3) is 11.3 Å². The molecule has 82 valence electrons. The van der Waals surface area contributed by atoms with E-state index in [0.29, 0.717) is 11.3 Å². The van der Waals surface area contributed by atoms with E-state index in [1.165, 1.54) is 6.07 Å². The third kappa shape index (κ3) is 1.79. The van der Waals surface area contributed by atoms with Crippen molar-refractivity contribution >= 4 is 21.9 Å². The minimum absolute atomic E-state index is 0.00598. The number of aromatic amines is 1. The van der Waals surface area contributed by atoms with E-state index in [2.05, 4.69) is 25.9 Å². The molecule has 2 rings (SSSR count). The summed E-state index contributed by atoms with van der Waals surface area (Å²) < 4.78 is 0.239. The second-order valence-corrected chi connectivity index (χ2v) is 3.92. The summed E-state index contributed by atoms with van der Waals surface area (Å²) in [5, 5.41) is 9.66. The molecule has 16 heavy (non-hydrogen) atoms. The molecule has 0 aliphatic heterocycles. The lowest BCUT2D eigenvalue weighted by atomic mass is 10.1. The fourth-order valence-corrected chi connectivity index (χ4v) is 1.73. The molecule has 1 aromatic carbocycles. The summed E-state index contributed by atoms with van der Waals surface area (Å²) in [5.74, 6) is 0.0483. The number of nitrogens with one attached hydrogen (secondary N) is 1. The van der Waals surface area contributed by atoms with Gasteiger partial charge in [-0.1, -0.05) is 12.1 Å². The Labute approximate surface area is 99.1 Å². The molecule has 6 heteroatoms. The zero-order chi connectivity index (χ0) is 11.7. The van der Waals surface area contributed by atoms with Gasteiger partial charge < -0.3 is 10.8 Å². The Morgan fingerprint density at radius 1 is 1.38 bits per heavy atom. The predicted molar refractivity (Wildman–Crippen MR) is 64.1 cm³/mol. The molecule has 0 atom stereocenters. The highest BCUT2D eigenvalue weighted by Crippen LogP contribution is 2.30. The highest BCUT2D eigenvalue weighted by molar-refractivity contribution is 9.10. The molecule has 1 heterocycles. The molecule has 0 aliphatic carbocycles. The van der Waals surface area contributed by atoms with Crippen LogP contribution >= 0.6 is 15.9 Å². The number of hydrogen-bond donors (Lipinski definition) is 3. The van der Waals surface area contributed by atoms with E-state index in [0.717, 1.165) is 0 Å². The van der Waals surface area contributed by atoms with Crippen LogP contribution in [0.4, 0.5) is 5.95 Å². The monoisotopic (exact) mass is 281 g/mol. The van der Waals surface area contributed by atoms with Crippen molar-refractivity contribution in [2.75, 3.05) is 5.73 Å². The number of nitrogens with two attached hydrogens (primary N) is 1. The fourth-order valence-electron chi connectivity index (χ4n) is 1.33. The summed E-state index contributed by atoms with van der Waals surface area (Å²) in [7, 11) is 0. The van der Waals surface area contributed by atoms with Crippen molar-refractivity contribution in [3.8, 4) is 17.0 Å². The smallest absolute Gasteiger partial charge is 0.267 e. The first-order valence-corrected chi connectivity index (χ1v) is 5.22. The Hall–Kier alpha value is -1.82. The number of halogens is 1. The van der Waals surface area contributed by atoms with E-state index in [9.17, 15) is 9.90 Å². The second-order valence-electron chi connectivity index (χ2n) is 3.13. The van der Waals surface area contributed by atoms with Crippen molar-refractivity contribution in [3.63, 3.8) is 0 Å². The maximum atomic E-state index is 11.4. The molecule has 0 bridgehead atoms. The van der Waals surface area contributed by atoms with Crippen molar-refractivity contribution in [1.29, 1.82) is 0 Å². The molecule has 0 unspecified atom stereocenters. The highest BCUT2D eigenvalue weighted by Gasteiger charge is 2.12. The largest absolute Gasteiger partial charge is 0.507 e. The number of benzene rings is 1. The molecular formula is C10H8BrN3O2. The van der Waals surface area contributed by atoms with Crippen molar-refractivity contribution in [2.45, 2.75) is 0 Å². The van der Waals surface area contributed by atoms with Crippen LogP contribution in [0.15, 0.2) is 33.5 Å². The van der Waals surface area contributed by atoms with Gasteiger partial charge in [0.15, 0.2) is 0 Å². The summed E-state index contributed by atoms with van der Waals surface area (Å²) in [6, 6.07) is 6.59. The summed E-state index contributed by atoms with van der Waals surface area (Å²) in [5.41, 5.74) is 5.83. The number of phenolic OH excluding ortho intramolecular Hbond substituents is 1. The first-order chi connectivity index (χ1) is 7.59. The number of aromatic hydroxyl groups is 1. The summed E-state index contributed by atoms with van der Waals surface area (Å²) in [6.45, 7) is 0. The molecule has 1 aromatic heterocycles. The first kappa shape index (κ1) is 10.7. The van der Waals surface area contributed by atoms with Crippen molar-refractivity contribution in [1.82, 2.24) is 9.97 Å². The fraction of sp³-hybridized carbons (Fsp3) is 0. The lowest BCUT2D eigenvalue weighted by Gasteiger charge is -2.05. The number of para-hydroxylation sites is 1. The van der Waals surface area contributed by atoms with Gasteiger partial charge in [0.05, 0.1) is 5.69 Å². The number of rotatable bonds is 1. The molecule has 0 radical (unpaired) electrons. The van der Waals surface area contributed by atoms with Crippen LogP contribution < -0.4 is 11.3 Å². The van der Waals surface area contributed by atoms with Gasteiger partial charge in [0.25, 0.3) is 5.56 Å². The summed E-state index contributed by atoms with van der Waals surface area (Å²) in [6.07, 6.45) is 0. The lowest BCUT2D eigenvalue weighted by molar-refractivity contribution is 0.477. The zero-order valence-corrected chi connectivity index (χ0v) is 9.65. The van der Waals surface area contributed by atoms with Crippen LogP contribution in [0.3, 0.4) is 0 Å². The predicted octanol–water partition coefficient (Wildman–Crippen LogP) is 1.49. The average Bonchev–Trinajstić information content (AvgIpc) is 2.24. The zero-order valence-electron chi connectivity index (χ0n) is 8.07. The van der Waals surface area contributed by atoms with Crippen molar-refractivity contribution in [3.05, 3.63) is 39.1 Å². The van der Waals surface area contributed by atoms with E-state index < -0.39 is 0 Å². The molecule has 0 saturated heterocycles. The molecule has 5 nitrogen and oxygen atoms in total. The van der Waals surface area contributed by atoms with Crippen LogP contribution in [0.1, 0.15) is 0 Å². The maximum Gasteiger partial charge on any atom is 0.267 e. The number of aromatic nitrogens is 2.